The Bertz CT molecular complexity index is 1650. The predicted molar refractivity (Wildman–Crippen MR) is 371 cm³/mol. The first-order valence-corrected chi connectivity index (χ1v) is 36.1. The fourth-order valence-electron chi connectivity index (χ4n) is 10.4. The first-order valence-electron chi connectivity index (χ1n) is 36.1. The molecule has 0 radical (unpaired) electrons. The number of carbonyl (C=O) groups is 2. The molecule has 1 atom stereocenters. The fourth-order valence-corrected chi connectivity index (χ4v) is 10.4. The predicted octanol–water partition coefficient (Wildman–Crippen LogP) is 25.3. The zero-order valence-electron chi connectivity index (χ0n) is 55.4. The maximum absolute atomic E-state index is 12.4. The van der Waals surface area contributed by atoms with Gasteiger partial charge in [-0.3, -0.25) is 9.59 Å². The molecule has 0 bridgehead atoms. The number of aliphatic hydroxyl groups is 1. The van der Waals surface area contributed by atoms with Crippen LogP contribution in [0.2, 0.25) is 0 Å². The molecule has 0 aliphatic rings. The number of esters is 2. The van der Waals surface area contributed by atoms with Gasteiger partial charge in [0.1, 0.15) is 6.61 Å². The first-order chi connectivity index (χ1) is 41.6. The lowest BCUT2D eigenvalue weighted by molar-refractivity contribution is -0.161. The first kappa shape index (κ1) is 80.3. The van der Waals surface area contributed by atoms with E-state index in [4.69, 9.17) is 9.47 Å². The molecule has 0 heterocycles. The molecule has 482 valence electrons. The molecule has 1 unspecified atom stereocenters. The monoisotopic (exact) mass is 1170 g/mol. The minimum atomic E-state index is -0.781. The maximum atomic E-state index is 12.4. The third-order valence-corrected chi connectivity index (χ3v) is 15.8. The van der Waals surface area contributed by atoms with Gasteiger partial charge in [0.25, 0.3) is 0 Å². The van der Waals surface area contributed by atoms with Crippen LogP contribution >= 0.6 is 0 Å². The fraction of sp³-hybridized carbons (Fsp3) is 0.722. The number of carbonyl (C=O) groups excluding carboxylic acids is 2. The molecule has 0 aliphatic carbocycles. The summed E-state index contributed by atoms with van der Waals surface area (Å²) in [6, 6.07) is 0. The van der Waals surface area contributed by atoms with Crippen LogP contribution in [-0.2, 0) is 19.1 Å². The lowest BCUT2D eigenvalue weighted by Crippen LogP contribution is -2.28. The maximum Gasteiger partial charge on any atom is 0.306 e. The number of allylic oxidation sites excluding steroid dienone is 20. The van der Waals surface area contributed by atoms with Crippen molar-refractivity contribution in [3.8, 4) is 0 Å². The Kier molecular flexibility index (Phi) is 70.3. The van der Waals surface area contributed by atoms with E-state index >= 15 is 0 Å². The van der Waals surface area contributed by atoms with Crippen LogP contribution in [0.25, 0.3) is 0 Å². The van der Waals surface area contributed by atoms with Gasteiger partial charge in [0.15, 0.2) is 6.10 Å². The van der Waals surface area contributed by atoms with E-state index in [9.17, 15) is 14.7 Å². The Labute approximate surface area is 522 Å². The van der Waals surface area contributed by atoms with Crippen molar-refractivity contribution in [3.63, 3.8) is 0 Å². The van der Waals surface area contributed by atoms with Crippen molar-refractivity contribution < 1.29 is 24.2 Å². The highest BCUT2D eigenvalue weighted by Crippen LogP contribution is 2.18. The quantitative estimate of drug-likeness (QED) is 0.0373. The Morgan fingerprint density at radius 3 is 0.714 bits per heavy atom. The van der Waals surface area contributed by atoms with E-state index in [1.165, 1.54) is 218 Å². The highest BCUT2D eigenvalue weighted by molar-refractivity contribution is 5.70. The molecule has 0 rings (SSSR count). The molecule has 5 nitrogen and oxygen atoms in total. The smallest absolute Gasteiger partial charge is 0.306 e. The van der Waals surface area contributed by atoms with Gasteiger partial charge in [-0.25, -0.2) is 0 Å². The lowest BCUT2D eigenvalue weighted by atomic mass is 10.0. The standard InChI is InChI=1S/C79H136O5/c1-3-5-7-9-11-13-15-17-19-21-23-25-27-29-31-33-34-35-36-37-38-39-40-41-42-43-44-46-47-49-51-53-55-57-59-61-63-65-67-69-71-73-78(81)83-76-77(75-80)84-79(82)74-72-70-68-66-64-62-60-58-56-54-52-50-48-45-32-30-28-26-24-22-20-18-16-14-12-10-8-6-4-2/h5-8,11-14,17-20,23-26,30,32,48,50,77,80H,3-4,9-10,15-16,21-22,27-29,31,33-47,49,51-76H2,1-2H3/b7-5-,8-6-,13-11-,14-12-,19-17-,20-18-,25-23-,26-24-,32-30-,50-48-. The molecule has 0 saturated heterocycles. The van der Waals surface area contributed by atoms with Crippen molar-refractivity contribution in [2.45, 2.75) is 354 Å². The van der Waals surface area contributed by atoms with Crippen LogP contribution in [0.1, 0.15) is 348 Å². The summed E-state index contributed by atoms with van der Waals surface area (Å²) in [6.07, 6.45) is 108. The number of ether oxygens (including phenoxy) is 2. The Morgan fingerprint density at radius 2 is 0.476 bits per heavy atom. The molecule has 0 spiro atoms. The van der Waals surface area contributed by atoms with Gasteiger partial charge in [-0.1, -0.05) is 354 Å². The number of hydrogen-bond donors (Lipinski definition) is 1. The third-order valence-electron chi connectivity index (χ3n) is 15.8. The molecule has 0 fully saturated rings. The molecule has 0 aromatic heterocycles. The Hall–Kier alpha value is -3.70. The number of unbranched alkanes of at least 4 members (excludes halogenated alkanes) is 38. The second kappa shape index (κ2) is 73.6. The SMILES string of the molecule is CC/C=C\C/C=C\C/C=C\C/C=C\C/C=C\C/C=C\CCCCCCCCCCCCC(=O)OC(CO)COC(=O)CCCCCCCCCCCCCCCCCCCCCCCCCCCCCC/C=C\C/C=C\C/C=C\C/C=C\CC. The van der Waals surface area contributed by atoms with Gasteiger partial charge in [0, 0.05) is 12.8 Å². The van der Waals surface area contributed by atoms with Gasteiger partial charge in [0.05, 0.1) is 6.61 Å². The molecule has 0 saturated carbocycles. The second-order valence-electron chi connectivity index (χ2n) is 23.9. The molecule has 0 aliphatic heterocycles. The summed E-state index contributed by atoms with van der Waals surface area (Å²) in [4.78, 5) is 24.7. The summed E-state index contributed by atoms with van der Waals surface area (Å²) in [5.74, 6) is -0.585. The summed E-state index contributed by atoms with van der Waals surface area (Å²) in [5.41, 5.74) is 0. The van der Waals surface area contributed by atoms with Crippen LogP contribution in [-0.4, -0.2) is 36.4 Å². The molecular weight excluding hydrogens is 1030 g/mol. The Morgan fingerprint density at radius 1 is 0.274 bits per heavy atom. The van der Waals surface area contributed by atoms with Gasteiger partial charge < -0.3 is 14.6 Å². The van der Waals surface area contributed by atoms with Crippen molar-refractivity contribution >= 4 is 11.9 Å². The van der Waals surface area contributed by atoms with E-state index in [1.54, 1.807) is 0 Å². The van der Waals surface area contributed by atoms with Crippen LogP contribution in [0.4, 0.5) is 0 Å². The number of aliphatic hydroxyl groups excluding tert-OH is 1. The average Bonchev–Trinajstić information content (AvgIpc) is 3.51. The van der Waals surface area contributed by atoms with E-state index in [0.29, 0.717) is 12.8 Å². The van der Waals surface area contributed by atoms with Crippen LogP contribution in [0.15, 0.2) is 122 Å². The van der Waals surface area contributed by atoms with E-state index in [-0.39, 0.29) is 25.2 Å². The molecule has 84 heavy (non-hydrogen) atoms. The van der Waals surface area contributed by atoms with Crippen molar-refractivity contribution in [3.05, 3.63) is 122 Å². The summed E-state index contributed by atoms with van der Waals surface area (Å²) in [6.45, 7) is 3.94. The number of rotatable bonds is 66. The van der Waals surface area contributed by atoms with Crippen LogP contribution < -0.4 is 0 Å². The zero-order chi connectivity index (χ0) is 60.5. The highest BCUT2D eigenvalue weighted by Gasteiger charge is 2.16. The van der Waals surface area contributed by atoms with Crippen molar-refractivity contribution in [1.82, 2.24) is 0 Å². The zero-order valence-corrected chi connectivity index (χ0v) is 55.4. The summed E-state index contributed by atoms with van der Waals surface area (Å²) >= 11 is 0. The van der Waals surface area contributed by atoms with Crippen LogP contribution in [0.5, 0.6) is 0 Å². The van der Waals surface area contributed by atoms with Crippen molar-refractivity contribution in [2.24, 2.45) is 0 Å². The minimum Gasteiger partial charge on any atom is -0.462 e. The summed E-state index contributed by atoms with van der Waals surface area (Å²) < 4.78 is 10.8. The van der Waals surface area contributed by atoms with E-state index < -0.39 is 6.10 Å². The van der Waals surface area contributed by atoms with E-state index in [0.717, 1.165) is 103 Å². The van der Waals surface area contributed by atoms with Crippen LogP contribution in [0.3, 0.4) is 0 Å². The molecular formula is C79H136O5. The van der Waals surface area contributed by atoms with Gasteiger partial charge in [-0.05, 0) is 103 Å². The second-order valence-corrected chi connectivity index (χ2v) is 23.9. The third kappa shape index (κ3) is 70.8. The van der Waals surface area contributed by atoms with Gasteiger partial charge in [0.2, 0.25) is 0 Å². The number of hydrogen-bond acceptors (Lipinski definition) is 5. The molecule has 0 amide bonds. The lowest BCUT2D eigenvalue weighted by Gasteiger charge is -2.15. The largest absolute Gasteiger partial charge is 0.462 e. The van der Waals surface area contributed by atoms with E-state index in [2.05, 4.69) is 135 Å². The normalized spacial score (nSPS) is 12.9. The topological polar surface area (TPSA) is 72.8 Å². The van der Waals surface area contributed by atoms with Gasteiger partial charge in [-0.15, -0.1) is 0 Å². The minimum absolute atomic E-state index is 0.0688. The van der Waals surface area contributed by atoms with Gasteiger partial charge in [-0.2, -0.15) is 0 Å². The highest BCUT2D eigenvalue weighted by atomic mass is 16.6. The summed E-state index contributed by atoms with van der Waals surface area (Å²) in [7, 11) is 0. The molecule has 1 N–H and O–H groups in total. The van der Waals surface area contributed by atoms with Crippen molar-refractivity contribution in [2.75, 3.05) is 13.2 Å². The summed E-state index contributed by atoms with van der Waals surface area (Å²) in [5, 5.41) is 9.71. The average molecular weight is 1170 g/mol. The van der Waals surface area contributed by atoms with Crippen molar-refractivity contribution in [1.29, 1.82) is 0 Å². The van der Waals surface area contributed by atoms with Crippen LogP contribution in [0, 0.1) is 0 Å². The molecule has 5 heteroatoms. The Balaban J connectivity index is 3.43. The molecule has 0 aromatic carbocycles. The van der Waals surface area contributed by atoms with E-state index in [1.807, 2.05) is 0 Å². The molecule has 0 aromatic rings. The van der Waals surface area contributed by atoms with Gasteiger partial charge >= 0.3 is 11.9 Å².